The summed E-state index contributed by atoms with van der Waals surface area (Å²) in [6.45, 7) is 3.19. The lowest BCUT2D eigenvalue weighted by molar-refractivity contribution is 0.111. The fraction of sp³-hybridized carbons (Fsp3) is 0.308. The zero-order valence-corrected chi connectivity index (χ0v) is 10.2. The van der Waals surface area contributed by atoms with Crippen LogP contribution in [0.2, 0.25) is 0 Å². The van der Waals surface area contributed by atoms with Gasteiger partial charge in [-0.3, -0.25) is 4.79 Å². The summed E-state index contributed by atoms with van der Waals surface area (Å²) in [5.74, 6) is 0. The SMILES string of the molecule is O=Cc1ccc2ccsc2c1N1CCOCC1. The summed E-state index contributed by atoms with van der Waals surface area (Å²) in [7, 11) is 0. The normalized spacial score (nSPS) is 16.4. The van der Waals surface area contributed by atoms with Gasteiger partial charge in [-0.15, -0.1) is 11.3 Å². The van der Waals surface area contributed by atoms with Gasteiger partial charge in [0.1, 0.15) is 0 Å². The molecule has 0 saturated carbocycles. The van der Waals surface area contributed by atoms with Crippen LogP contribution in [0, 0.1) is 0 Å². The number of hydrogen-bond acceptors (Lipinski definition) is 4. The van der Waals surface area contributed by atoms with Crippen molar-refractivity contribution in [3.63, 3.8) is 0 Å². The van der Waals surface area contributed by atoms with Crippen LogP contribution in [-0.2, 0) is 4.74 Å². The Balaban J connectivity index is 2.16. The number of morpholine rings is 1. The maximum absolute atomic E-state index is 11.2. The molecular formula is C13H13NO2S. The van der Waals surface area contributed by atoms with Crippen molar-refractivity contribution in [1.82, 2.24) is 0 Å². The molecule has 1 aliphatic heterocycles. The molecular weight excluding hydrogens is 234 g/mol. The predicted molar refractivity (Wildman–Crippen MR) is 70.2 cm³/mol. The Morgan fingerprint density at radius 2 is 2.06 bits per heavy atom. The van der Waals surface area contributed by atoms with Gasteiger partial charge in [0.2, 0.25) is 0 Å². The van der Waals surface area contributed by atoms with E-state index in [1.165, 1.54) is 10.1 Å². The molecule has 0 bridgehead atoms. The van der Waals surface area contributed by atoms with Crippen LogP contribution in [0.1, 0.15) is 10.4 Å². The summed E-state index contributed by atoms with van der Waals surface area (Å²) in [4.78, 5) is 13.4. The van der Waals surface area contributed by atoms with Crippen LogP contribution < -0.4 is 4.90 Å². The number of benzene rings is 1. The fourth-order valence-electron chi connectivity index (χ4n) is 2.24. The third-order valence-corrected chi connectivity index (χ3v) is 4.02. The standard InChI is InChI=1S/C13H13NO2S/c15-9-11-2-1-10-3-8-17-13(10)12(11)14-4-6-16-7-5-14/h1-3,8-9H,4-7H2. The lowest BCUT2D eigenvalue weighted by atomic mass is 10.1. The molecule has 3 nitrogen and oxygen atoms in total. The number of aldehydes is 1. The van der Waals surface area contributed by atoms with Gasteiger partial charge in [0, 0.05) is 18.7 Å². The van der Waals surface area contributed by atoms with Crippen molar-refractivity contribution in [2.75, 3.05) is 31.2 Å². The van der Waals surface area contributed by atoms with Gasteiger partial charge in [0.15, 0.2) is 6.29 Å². The second-order valence-electron chi connectivity index (χ2n) is 4.06. The van der Waals surface area contributed by atoms with Crippen molar-refractivity contribution in [2.24, 2.45) is 0 Å². The molecule has 1 fully saturated rings. The molecule has 0 amide bonds. The van der Waals surface area contributed by atoms with E-state index < -0.39 is 0 Å². The molecule has 0 radical (unpaired) electrons. The molecule has 0 spiro atoms. The van der Waals surface area contributed by atoms with E-state index in [-0.39, 0.29) is 0 Å². The third-order valence-electron chi connectivity index (χ3n) is 3.08. The van der Waals surface area contributed by atoms with Gasteiger partial charge in [-0.05, 0) is 22.9 Å². The third kappa shape index (κ3) is 1.83. The number of carbonyl (C=O) groups is 1. The van der Waals surface area contributed by atoms with E-state index in [0.717, 1.165) is 43.8 Å². The molecule has 1 aromatic carbocycles. The molecule has 17 heavy (non-hydrogen) atoms. The number of anilines is 1. The van der Waals surface area contributed by atoms with Crippen LogP contribution in [0.15, 0.2) is 23.6 Å². The number of ether oxygens (including phenoxy) is 1. The Labute approximate surface area is 104 Å². The number of thiophene rings is 1. The first-order chi connectivity index (χ1) is 8.40. The first-order valence-electron chi connectivity index (χ1n) is 5.68. The number of fused-ring (bicyclic) bond motifs is 1. The maximum atomic E-state index is 11.2. The predicted octanol–water partition coefficient (Wildman–Crippen LogP) is 2.55. The molecule has 0 unspecified atom stereocenters. The number of hydrogen-bond donors (Lipinski definition) is 0. The van der Waals surface area contributed by atoms with Crippen LogP contribution in [0.4, 0.5) is 5.69 Å². The van der Waals surface area contributed by atoms with Crippen molar-refractivity contribution in [3.05, 3.63) is 29.1 Å². The lowest BCUT2D eigenvalue weighted by Crippen LogP contribution is -2.36. The molecule has 2 aromatic rings. The smallest absolute Gasteiger partial charge is 0.152 e. The molecule has 88 valence electrons. The van der Waals surface area contributed by atoms with Gasteiger partial charge in [-0.25, -0.2) is 0 Å². The van der Waals surface area contributed by atoms with Gasteiger partial charge in [-0.1, -0.05) is 6.07 Å². The summed E-state index contributed by atoms with van der Waals surface area (Å²) in [5, 5.41) is 3.28. The highest BCUT2D eigenvalue weighted by molar-refractivity contribution is 7.17. The highest BCUT2D eigenvalue weighted by Gasteiger charge is 2.18. The van der Waals surface area contributed by atoms with Crippen LogP contribution in [0.5, 0.6) is 0 Å². The molecule has 0 aliphatic carbocycles. The Morgan fingerprint density at radius 3 is 2.82 bits per heavy atom. The van der Waals surface area contributed by atoms with Gasteiger partial charge >= 0.3 is 0 Å². The van der Waals surface area contributed by atoms with Crippen molar-refractivity contribution >= 4 is 33.4 Å². The van der Waals surface area contributed by atoms with E-state index in [4.69, 9.17) is 4.74 Å². The zero-order valence-electron chi connectivity index (χ0n) is 9.39. The largest absolute Gasteiger partial charge is 0.378 e. The Hall–Kier alpha value is -1.39. The van der Waals surface area contributed by atoms with E-state index in [1.807, 2.05) is 12.1 Å². The second-order valence-corrected chi connectivity index (χ2v) is 4.98. The highest BCUT2D eigenvalue weighted by Crippen LogP contribution is 2.34. The van der Waals surface area contributed by atoms with Crippen molar-refractivity contribution < 1.29 is 9.53 Å². The van der Waals surface area contributed by atoms with Crippen molar-refractivity contribution in [1.29, 1.82) is 0 Å². The molecule has 0 N–H and O–H groups in total. The minimum absolute atomic E-state index is 0.736. The maximum Gasteiger partial charge on any atom is 0.152 e. The highest BCUT2D eigenvalue weighted by atomic mass is 32.1. The number of rotatable bonds is 2. The van der Waals surface area contributed by atoms with E-state index >= 15 is 0 Å². The summed E-state index contributed by atoms with van der Waals surface area (Å²) in [5.41, 5.74) is 1.86. The first kappa shape index (κ1) is 10.7. The second kappa shape index (κ2) is 4.47. The summed E-state index contributed by atoms with van der Waals surface area (Å²) in [6.07, 6.45) is 0.948. The monoisotopic (exact) mass is 247 g/mol. The van der Waals surface area contributed by atoms with Gasteiger partial charge in [-0.2, -0.15) is 0 Å². The van der Waals surface area contributed by atoms with E-state index in [0.29, 0.717) is 0 Å². The van der Waals surface area contributed by atoms with E-state index in [1.54, 1.807) is 11.3 Å². The first-order valence-corrected chi connectivity index (χ1v) is 6.56. The molecule has 1 aromatic heterocycles. The Bertz CT molecular complexity index is 543. The van der Waals surface area contributed by atoms with Crippen molar-refractivity contribution in [3.8, 4) is 0 Å². The quantitative estimate of drug-likeness (QED) is 0.764. The van der Waals surface area contributed by atoms with Crippen LogP contribution in [0.25, 0.3) is 10.1 Å². The van der Waals surface area contributed by atoms with Crippen molar-refractivity contribution in [2.45, 2.75) is 0 Å². The fourth-order valence-corrected chi connectivity index (χ4v) is 3.22. The average molecular weight is 247 g/mol. The Morgan fingerprint density at radius 1 is 1.24 bits per heavy atom. The summed E-state index contributed by atoms with van der Waals surface area (Å²) in [6, 6.07) is 6.02. The van der Waals surface area contributed by atoms with E-state index in [2.05, 4.69) is 16.3 Å². The van der Waals surface area contributed by atoms with E-state index in [9.17, 15) is 4.79 Å². The molecule has 1 saturated heterocycles. The zero-order chi connectivity index (χ0) is 11.7. The van der Waals surface area contributed by atoms with Gasteiger partial charge in [0.25, 0.3) is 0 Å². The molecule has 4 heteroatoms. The minimum atomic E-state index is 0.736. The van der Waals surface area contributed by atoms with Crippen LogP contribution in [0.3, 0.4) is 0 Å². The number of carbonyl (C=O) groups excluding carboxylic acids is 1. The average Bonchev–Trinajstić information content (AvgIpc) is 2.86. The molecule has 0 atom stereocenters. The van der Waals surface area contributed by atoms with Gasteiger partial charge in [0.05, 0.1) is 23.6 Å². The van der Waals surface area contributed by atoms with Gasteiger partial charge < -0.3 is 9.64 Å². The molecule has 2 heterocycles. The molecule has 1 aliphatic rings. The van der Waals surface area contributed by atoms with Crippen LogP contribution in [-0.4, -0.2) is 32.6 Å². The summed E-state index contributed by atoms with van der Waals surface area (Å²) >= 11 is 1.70. The molecule has 3 rings (SSSR count). The number of nitrogens with zero attached hydrogens (tertiary/aromatic N) is 1. The van der Waals surface area contributed by atoms with Crippen LogP contribution >= 0.6 is 11.3 Å². The Kier molecular flexibility index (Phi) is 2.82. The topological polar surface area (TPSA) is 29.5 Å². The lowest BCUT2D eigenvalue weighted by Gasteiger charge is -2.30. The minimum Gasteiger partial charge on any atom is -0.378 e. The summed E-state index contributed by atoms with van der Waals surface area (Å²) < 4.78 is 6.57.